The second-order valence-electron chi connectivity index (χ2n) is 6.68. The first-order valence-electron chi connectivity index (χ1n) is 8.20. The fourth-order valence-electron chi connectivity index (χ4n) is 3.94. The van der Waals surface area contributed by atoms with Gasteiger partial charge in [-0.25, -0.2) is 4.98 Å². The second kappa shape index (κ2) is 5.72. The molecule has 0 aromatic carbocycles. The number of pyridine rings is 1. The molecule has 5 nitrogen and oxygen atoms in total. The Morgan fingerprint density at radius 1 is 1.32 bits per heavy atom. The molecule has 22 heavy (non-hydrogen) atoms. The number of fused-ring (bicyclic) bond motifs is 3. The van der Waals surface area contributed by atoms with Crippen LogP contribution in [0.2, 0.25) is 0 Å². The van der Waals surface area contributed by atoms with Crippen molar-refractivity contribution in [1.82, 2.24) is 20.0 Å². The summed E-state index contributed by atoms with van der Waals surface area (Å²) in [5.41, 5.74) is 2.01. The fraction of sp³-hybridized carbons (Fsp3) is 0.529. The van der Waals surface area contributed by atoms with Crippen molar-refractivity contribution in [3.05, 3.63) is 36.3 Å². The molecule has 0 spiro atoms. The second-order valence-corrected chi connectivity index (χ2v) is 6.68. The van der Waals surface area contributed by atoms with E-state index in [9.17, 15) is 4.79 Å². The van der Waals surface area contributed by atoms with E-state index in [4.69, 9.17) is 0 Å². The number of nitrogens with one attached hydrogen (secondary N) is 2. The molecule has 0 radical (unpaired) electrons. The van der Waals surface area contributed by atoms with Crippen LogP contribution in [0.5, 0.6) is 0 Å². The molecule has 0 aliphatic carbocycles. The molecule has 4 rings (SSSR count). The van der Waals surface area contributed by atoms with Crippen molar-refractivity contribution >= 4 is 11.6 Å². The number of piperidine rings is 1. The highest BCUT2D eigenvalue weighted by Crippen LogP contribution is 2.32. The van der Waals surface area contributed by atoms with Crippen molar-refractivity contribution in [2.45, 2.75) is 50.7 Å². The van der Waals surface area contributed by atoms with Gasteiger partial charge in [0.25, 0.3) is 0 Å². The van der Waals surface area contributed by atoms with Crippen LogP contribution >= 0.6 is 0 Å². The molecule has 2 saturated heterocycles. The molecule has 0 saturated carbocycles. The molecule has 2 aromatic rings. The molecule has 2 unspecified atom stereocenters. The number of nitrogens with zero attached hydrogens (tertiary/aromatic N) is 2. The maximum atomic E-state index is 12.2. The Morgan fingerprint density at radius 2 is 2.14 bits per heavy atom. The number of hydrogen-bond acceptors (Lipinski definition) is 3. The van der Waals surface area contributed by atoms with Crippen LogP contribution in [-0.2, 0) is 11.3 Å². The average Bonchev–Trinajstić information content (AvgIpc) is 3.11. The predicted molar refractivity (Wildman–Crippen MR) is 84.3 cm³/mol. The molecular weight excluding hydrogens is 276 g/mol. The minimum Gasteiger partial charge on any atom is -0.352 e. The van der Waals surface area contributed by atoms with Crippen molar-refractivity contribution in [1.29, 1.82) is 0 Å². The van der Waals surface area contributed by atoms with Gasteiger partial charge in [-0.2, -0.15) is 0 Å². The Balaban J connectivity index is 1.30. The van der Waals surface area contributed by atoms with Gasteiger partial charge >= 0.3 is 0 Å². The molecular formula is C17H22N4O. The first-order valence-corrected chi connectivity index (χ1v) is 8.20. The van der Waals surface area contributed by atoms with Crippen LogP contribution in [0.1, 0.15) is 37.7 Å². The third kappa shape index (κ3) is 2.86. The van der Waals surface area contributed by atoms with Gasteiger partial charge in [-0.1, -0.05) is 0 Å². The van der Waals surface area contributed by atoms with Gasteiger partial charge in [0.1, 0.15) is 5.65 Å². The van der Waals surface area contributed by atoms with Crippen LogP contribution in [0.15, 0.2) is 30.7 Å². The predicted octanol–water partition coefficient (Wildman–Crippen LogP) is 1.87. The summed E-state index contributed by atoms with van der Waals surface area (Å²) in [7, 11) is 0. The van der Waals surface area contributed by atoms with E-state index in [-0.39, 0.29) is 5.91 Å². The van der Waals surface area contributed by atoms with E-state index >= 15 is 0 Å². The summed E-state index contributed by atoms with van der Waals surface area (Å²) >= 11 is 0. The summed E-state index contributed by atoms with van der Waals surface area (Å²) in [6.07, 6.45) is 11.2. The Kier molecular flexibility index (Phi) is 3.58. The molecule has 5 heteroatoms. The SMILES string of the molecule is O=C(CC1CC2CCC(C1)N2)NCc1ccn2ccnc2c1. The molecule has 4 heterocycles. The highest BCUT2D eigenvalue weighted by atomic mass is 16.1. The van der Waals surface area contributed by atoms with Crippen LogP contribution in [0, 0.1) is 5.92 Å². The third-order valence-corrected chi connectivity index (χ3v) is 5.00. The third-order valence-electron chi connectivity index (χ3n) is 5.00. The molecule has 2 aliphatic rings. The fourth-order valence-corrected chi connectivity index (χ4v) is 3.94. The maximum Gasteiger partial charge on any atom is 0.220 e. The van der Waals surface area contributed by atoms with Crippen LogP contribution in [0.3, 0.4) is 0 Å². The van der Waals surface area contributed by atoms with E-state index in [2.05, 4.69) is 15.6 Å². The summed E-state index contributed by atoms with van der Waals surface area (Å²) in [6.45, 7) is 0.583. The number of hydrogen-bond donors (Lipinski definition) is 2. The Labute approximate surface area is 130 Å². The average molecular weight is 298 g/mol. The lowest BCUT2D eigenvalue weighted by atomic mass is 9.89. The Bertz CT molecular complexity index is 668. The van der Waals surface area contributed by atoms with E-state index in [1.165, 1.54) is 12.8 Å². The summed E-state index contributed by atoms with van der Waals surface area (Å²) in [5.74, 6) is 0.725. The Morgan fingerprint density at radius 3 is 2.95 bits per heavy atom. The monoisotopic (exact) mass is 298 g/mol. The minimum atomic E-state index is 0.175. The summed E-state index contributed by atoms with van der Waals surface area (Å²) in [5, 5.41) is 6.68. The highest BCUT2D eigenvalue weighted by molar-refractivity contribution is 5.76. The van der Waals surface area contributed by atoms with Gasteiger partial charge in [0.05, 0.1) is 0 Å². The zero-order chi connectivity index (χ0) is 14.9. The minimum absolute atomic E-state index is 0.175. The smallest absolute Gasteiger partial charge is 0.220 e. The molecule has 116 valence electrons. The van der Waals surface area contributed by atoms with Crippen molar-refractivity contribution in [3.63, 3.8) is 0 Å². The zero-order valence-corrected chi connectivity index (χ0v) is 12.7. The lowest BCUT2D eigenvalue weighted by Gasteiger charge is -2.28. The number of amides is 1. The van der Waals surface area contributed by atoms with Gasteiger partial charge in [0.2, 0.25) is 5.91 Å². The van der Waals surface area contributed by atoms with Crippen LogP contribution in [0.4, 0.5) is 0 Å². The number of rotatable bonds is 4. The number of imidazole rings is 1. The van der Waals surface area contributed by atoms with E-state index in [0.717, 1.165) is 24.1 Å². The number of carbonyl (C=O) groups is 1. The molecule has 2 aliphatic heterocycles. The maximum absolute atomic E-state index is 12.2. The van der Waals surface area contributed by atoms with Gasteiger partial charge in [0, 0.05) is 43.6 Å². The van der Waals surface area contributed by atoms with Crippen molar-refractivity contribution in [2.75, 3.05) is 0 Å². The summed E-state index contributed by atoms with van der Waals surface area (Å²) in [4.78, 5) is 16.4. The van der Waals surface area contributed by atoms with E-state index in [0.29, 0.717) is 31.0 Å². The lowest BCUT2D eigenvalue weighted by molar-refractivity contribution is -0.122. The highest BCUT2D eigenvalue weighted by Gasteiger charge is 2.34. The largest absolute Gasteiger partial charge is 0.352 e. The summed E-state index contributed by atoms with van der Waals surface area (Å²) < 4.78 is 1.97. The van der Waals surface area contributed by atoms with E-state index in [1.807, 2.05) is 28.9 Å². The number of carbonyl (C=O) groups excluding carboxylic acids is 1. The van der Waals surface area contributed by atoms with Crippen LogP contribution in [-0.4, -0.2) is 27.4 Å². The van der Waals surface area contributed by atoms with Gasteiger partial charge < -0.3 is 15.0 Å². The lowest BCUT2D eigenvalue weighted by Crippen LogP contribution is -2.39. The topological polar surface area (TPSA) is 58.4 Å². The van der Waals surface area contributed by atoms with Crippen molar-refractivity contribution < 1.29 is 4.79 Å². The van der Waals surface area contributed by atoms with Gasteiger partial charge in [-0.15, -0.1) is 0 Å². The number of aromatic nitrogens is 2. The summed E-state index contributed by atoms with van der Waals surface area (Å²) in [6, 6.07) is 5.35. The molecule has 2 N–H and O–H groups in total. The molecule has 2 atom stereocenters. The van der Waals surface area contributed by atoms with Gasteiger partial charge in [0.15, 0.2) is 0 Å². The first-order chi connectivity index (χ1) is 10.8. The van der Waals surface area contributed by atoms with Gasteiger partial charge in [-0.3, -0.25) is 4.79 Å². The molecule has 2 bridgehead atoms. The van der Waals surface area contributed by atoms with E-state index < -0.39 is 0 Å². The normalized spacial score (nSPS) is 27.2. The molecule has 1 amide bonds. The van der Waals surface area contributed by atoms with Crippen LogP contribution < -0.4 is 10.6 Å². The van der Waals surface area contributed by atoms with Crippen molar-refractivity contribution in [3.8, 4) is 0 Å². The molecule has 2 fully saturated rings. The molecule has 2 aromatic heterocycles. The van der Waals surface area contributed by atoms with Gasteiger partial charge in [-0.05, 0) is 49.3 Å². The standard InChI is InChI=1S/C17H22N4O/c22-17(10-13-7-14-1-2-15(8-13)20-14)19-11-12-3-5-21-6-4-18-16(21)9-12/h3-6,9,13-15,20H,1-2,7-8,10-11H2,(H,19,22). The zero-order valence-electron chi connectivity index (χ0n) is 12.7. The van der Waals surface area contributed by atoms with E-state index in [1.54, 1.807) is 6.20 Å². The van der Waals surface area contributed by atoms with Crippen LogP contribution in [0.25, 0.3) is 5.65 Å². The Hall–Kier alpha value is -1.88. The van der Waals surface area contributed by atoms with Crippen molar-refractivity contribution in [2.24, 2.45) is 5.92 Å². The first kappa shape index (κ1) is 13.8. The quantitative estimate of drug-likeness (QED) is 0.906.